The average molecular weight is 466 g/mol. The van der Waals surface area contributed by atoms with Crippen LogP contribution in [-0.4, -0.2) is 48.8 Å². The number of rotatable bonds is 9. The lowest BCUT2D eigenvalue weighted by Gasteiger charge is -2.03. The molecule has 9 heteroatoms. The van der Waals surface area contributed by atoms with Gasteiger partial charge < -0.3 is 25.3 Å². The van der Waals surface area contributed by atoms with Crippen LogP contribution >= 0.6 is 0 Å². The Balaban J connectivity index is 2.18. The Hall–Kier alpha value is -4.14. The van der Waals surface area contributed by atoms with Crippen molar-refractivity contribution in [2.24, 2.45) is 4.99 Å². The Bertz CT molecular complexity index is 1380. The van der Waals surface area contributed by atoms with E-state index in [9.17, 15) is 24.6 Å². The van der Waals surface area contributed by atoms with Gasteiger partial charge in [-0.25, -0.2) is 4.99 Å². The number of aromatic amines is 2. The van der Waals surface area contributed by atoms with E-state index in [1.807, 2.05) is 6.92 Å². The molecule has 0 spiro atoms. The summed E-state index contributed by atoms with van der Waals surface area (Å²) in [6.07, 6.45) is 5.28. The maximum atomic E-state index is 12.2. The number of carboxylic acids is 2. The zero-order chi connectivity index (χ0) is 25.2. The molecule has 1 aliphatic heterocycles. The van der Waals surface area contributed by atoms with Gasteiger partial charge in [-0.3, -0.25) is 14.4 Å². The Morgan fingerprint density at radius 3 is 2.24 bits per heavy atom. The van der Waals surface area contributed by atoms with Crippen molar-refractivity contribution in [3.05, 3.63) is 56.4 Å². The normalized spacial score (nSPS) is 14.8. The number of nitrogens with one attached hydrogen (secondary N) is 2. The topological polar surface area (TPSA) is 156 Å². The SMILES string of the molecule is C=Cc1c(/C=c2/[nH]/c(=C\C3=NC(=O)C(C)=C3CCC(=O)O)c(CCC(=O)O)c2C)[nH]c(O)c1C. The third-order valence-corrected chi connectivity index (χ3v) is 6.01. The molecule has 0 bridgehead atoms. The van der Waals surface area contributed by atoms with E-state index in [0.29, 0.717) is 38.8 Å². The molecule has 2 aromatic heterocycles. The number of allylic oxidation sites excluding steroid dienone is 1. The zero-order valence-electron chi connectivity index (χ0n) is 19.3. The minimum atomic E-state index is -0.976. The quantitative estimate of drug-likeness (QED) is 0.382. The number of aliphatic carboxylic acids is 2. The monoisotopic (exact) mass is 465 g/mol. The number of aromatic nitrogens is 2. The summed E-state index contributed by atoms with van der Waals surface area (Å²) in [5.41, 5.74) is 4.93. The minimum Gasteiger partial charge on any atom is -0.494 e. The van der Waals surface area contributed by atoms with Crippen LogP contribution in [0.2, 0.25) is 0 Å². The molecule has 0 unspecified atom stereocenters. The Kier molecular flexibility index (Phi) is 7.05. The fourth-order valence-electron chi connectivity index (χ4n) is 4.03. The Morgan fingerprint density at radius 1 is 0.971 bits per heavy atom. The molecule has 5 N–H and O–H groups in total. The number of hydrogen-bond acceptors (Lipinski definition) is 4. The lowest BCUT2D eigenvalue weighted by Crippen LogP contribution is -2.16. The highest BCUT2D eigenvalue weighted by Crippen LogP contribution is 2.25. The van der Waals surface area contributed by atoms with Crippen LogP contribution in [0.5, 0.6) is 5.88 Å². The highest BCUT2D eigenvalue weighted by Gasteiger charge is 2.23. The molecule has 0 aliphatic carbocycles. The van der Waals surface area contributed by atoms with E-state index in [2.05, 4.69) is 21.5 Å². The van der Waals surface area contributed by atoms with E-state index in [4.69, 9.17) is 5.11 Å². The molecule has 1 aliphatic rings. The van der Waals surface area contributed by atoms with Crippen LogP contribution < -0.4 is 10.7 Å². The number of H-pyrrole nitrogens is 2. The third-order valence-electron chi connectivity index (χ3n) is 6.01. The van der Waals surface area contributed by atoms with Gasteiger partial charge in [-0.15, -0.1) is 0 Å². The molecule has 34 heavy (non-hydrogen) atoms. The molecule has 3 heterocycles. The van der Waals surface area contributed by atoms with Crippen molar-refractivity contribution >= 4 is 41.8 Å². The second-order valence-electron chi connectivity index (χ2n) is 8.17. The summed E-state index contributed by atoms with van der Waals surface area (Å²) >= 11 is 0. The lowest BCUT2D eigenvalue weighted by molar-refractivity contribution is -0.137. The van der Waals surface area contributed by atoms with Gasteiger partial charge in [0.2, 0.25) is 0 Å². The van der Waals surface area contributed by atoms with Crippen LogP contribution in [0.15, 0.2) is 22.7 Å². The molecule has 3 rings (SSSR count). The minimum absolute atomic E-state index is 0.0331. The fourth-order valence-corrected chi connectivity index (χ4v) is 4.03. The van der Waals surface area contributed by atoms with Gasteiger partial charge in [0.15, 0.2) is 5.88 Å². The number of carbonyl (C=O) groups excluding carboxylic acids is 1. The standard InChI is InChI=1S/C25H27N3O6/c1-5-15-13(3)24(33)27-19(15)10-18-12(2)16(6-8-22(29)30)20(26-18)11-21-17(7-9-23(31)32)14(4)25(34)28-21/h5,10-11,26-27,33H,1,6-9H2,2-4H3,(H,29,30)(H,31,32)/b18-10+,20-11-. The number of aromatic hydroxyl groups is 1. The van der Waals surface area contributed by atoms with Crippen LogP contribution in [0.4, 0.5) is 0 Å². The average Bonchev–Trinajstić information content (AvgIpc) is 3.31. The number of carbonyl (C=O) groups is 3. The van der Waals surface area contributed by atoms with E-state index in [-0.39, 0.29) is 31.6 Å². The van der Waals surface area contributed by atoms with Gasteiger partial charge in [0.1, 0.15) is 0 Å². The second-order valence-corrected chi connectivity index (χ2v) is 8.17. The van der Waals surface area contributed by atoms with Crippen LogP contribution in [-0.2, 0) is 20.8 Å². The summed E-state index contributed by atoms with van der Waals surface area (Å²) in [5.74, 6) is -2.30. The first-order chi connectivity index (χ1) is 16.0. The van der Waals surface area contributed by atoms with E-state index in [1.165, 1.54) is 0 Å². The number of amides is 1. The summed E-state index contributed by atoms with van der Waals surface area (Å²) in [6.45, 7) is 9.03. The van der Waals surface area contributed by atoms with Crippen molar-refractivity contribution in [2.75, 3.05) is 0 Å². The van der Waals surface area contributed by atoms with E-state index >= 15 is 0 Å². The van der Waals surface area contributed by atoms with Gasteiger partial charge in [-0.05, 0) is 62.5 Å². The summed E-state index contributed by atoms with van der Waals surface area (Å²) < 4.78 is 0. The van der Waals surface area contributed by atoms with Crippen molar-refractivity contribution in [1.82, 2.24) is 9.97 Å². The molecule has 0 atom stereocenters. The van der Waals surface area contributed by atoms with Crippen LogP contribution in [0.25, 0.3) is 18.2 Å². The first kappa shape index (κ1) is 24.5. The molecular formula is C25H27N3O6. The predicted octanol–water partition coefficient (Wildman–Crippen LogP) is 2.10. The third kappa shape index (κ3) is 4.93. The van der Waals surface area contributed by atoms with Crippen molar-refractivity contribution in [1.29, 1.82) is 0 Å². The summed E-state index contributed by atoms with van der Waals surface area (Å²) in [4.78, 5) is 44.8. The van der Waals surface area contributed by atoms with Crippen LogP contribution in [0.3, 0.4) is 0 Å². The first-order valence-electron chi connectivity index (χ1n) is 10.7. The van der Waals surface area contributed by atoms with Crippen molar-refractivity contribution in [3.63, 3.8) is 0 Å². The highest BCUT2D eigenvalue weighted by atomic mass is 16.4. The Morgan fingerprint density at radius 2 is 1.62 bits per heavy atom. The molecule has 0 saturated heterocycles. The molecule has 0 radical (unpaired) electrons. The van der Waals surface area contributed by atoms with E-state index in [0.717, 1.165) is 16.7 Å². The van der Waals surface area contributed by atoms with Crippen LogP contribution in [0.1, 0.15) is 54.1 Å². The fraction of sp³-hybridized carbons (Fsp3) is 0.280. The zero-order valence-corrected chi connectivity index (χ0v) is 19.3. The summed E-state index contributed by atoms with van der Waals surface area (Å²) in [6, 6.07) is 0. The van der Waals surface area contributed by atoms with E-state index < -0.39 is 17.8 Å². The molecule has 0 aromatic carbocycles. The summed E-state index contributed by atoms with van der Waals surface area (Å²) in [5, 5.41) is 29.6. The number of hydrogen-bond donors (Lipinski definition) is 5. The predicted molar refractivity (Wildman–Crippen MR) is 128 cm³/mol. The summed E-state index contributed by atoms with van der Waals surface area (Å²) in [7, 11) is 0. The van der Waals surface area contributed by atoms with Gasteiger partial charge in [-0.2, -0.15) is 0 Å². The number of aliphatic imine (C=N–C) groups is 1. The maximum absolute atomic E-state index is 12.2. The molecule has 178 valence electrons. The molecule has 9 nitrogen and oxygen atoms in total. The number of nitrogens with zero attached hydrogens (tertiary/aromatic N) is 1. The van der Waals surface area contributed by atoms with Crippen molar-refractivity contribution in [3.8, 4) is 5.88 Å². The molecule has 0 fully saturated rings. The molecule has 1 amide bonds. The molecule has 0 saturated carbocycles. The van der Waals surface area contributed by atoms with Gasteiger partial charge in [0.05, 0.1) is 11.4 Å². The van der Waals surface area contributed by atoms with Crippen molar-refractivity contribution < 1.29 is 29.7 Å². The smallest absolute Gasteiger partial charge is 0.303 e. The van der Waals surface area contributed by atoms with Crippen LogP contribution in [0, 0.1) is 13.8 Å². The van der Waals surface area contributed by atoms with Gasteiger partial charge in [0.25, 0.3) is 5.91 Å². The van der Waals surface area contributed by atoms with Gasteiger partial charge >= 0.3 is 11.9 Å². The van der Waals surface area contributed by atoms with Gasteiger partial charge in [-0.1, -0.05) is 12.7 Å². The Labute approximate surface area is 195 Å². The van der Waals surface area contributed by atoms with Gasteiger partial charge in [0, 0.05) is 40.2 Å². The lowest BCUT2D eigenvalue weighted by atomic mass is 10.00. The molecule has 2 aromatic rings. The maximum Gasteiger partial charge on any atom is 0.303 e. The largest absolute Gasteiger partial charge is 0.494 e. The van der Waals surface area contributed by atoms with Crippen molar-refractivity contribution in [2.45, 2.75) is 46.5 Å². The molecular weight excluding hydrogens is 438 g/mol. The van der Waals surface area contributed by atoms with E-state index in [1.54, 1.807) is 32.1 Å². The first-order valence-corrected chi connectivity index (χ1v) is 10.7. The highest BCUT2D eigenvalue weighted by molar-refractivity contribution is 6.31. The number of carboxylic acid groups (broad SMARTS) is 2. The second kappa shape index (κ2) is 9.78.